The molecule has 0 bridgehead atoms. The number of carbonyl (C=O) groups excluding carboxylic acids is 1. The summed E-state index contributed by atoms with van der Waals surface area (Å²) in [5.41, 5.74) is 2.82. The molecule has 1 unspecified atom stereocenters. The summed E-state index contributed by atoms with van der Waals surface area (Å²) in [6.45, 7) is 4.52. The molecule has 3 rings (SSSR count). The van der Waals surface area contributed by atoms with Crippen LogP contribution in [0.1, 0.15) is 30.3 Å². The Morgan fingerprint density at radius 3 is 3.08 bits per heavy atom. The molecule has 7 heteroatoms. The van der Waals surface area contributed by atoms with E-state index in [1.807, 2.05) is 41.8 Å². The Balaban J connectivity index is 1.57. The maximum absolute atomic E-state index is 12.5. The van der Waals surface area contributed by atoms with E-state index >= 15 is 0 Å². The van der Waals surface area contributed by atoms with E-state index in [9.17, 15) is 4.79 Å². The zero-order valence-electron chi connectivity index (χ0n) is 14.8. The molecule has 0 radical (unpaired) electrons. The van der Waals surface area contributed by atoms with E-state index in [1.165, 1.54) is 0 Å². The van der Waals surface area contributed by atoms with Crippen molar-refractivity contribution in [3.63, 3.8) is 0 Å². The van der Waals surface area contributed by atoms with Crippen molar-refractivity contribution in [2.75, 3.05) is 32.1 Å². The highest BCUT2D eigenvalue weighted by molar-refractivity contribution is 5.76. The van der Waals surface area contributed by atoms with Crippen molar-refractivity contribution in [2.45, 2.75) is 32.4 Å². The average Bonchev–Trinajstić information content (AvgIpc) is 3.14. The number of anilines is 1. The number of ether oxygens (including phenoxy) is 1. The van der Waals surface area contributed by atoms with Crippen LogP contribution in [-0.2, 0) is 16.1 Å². The fraction of sp³-hybridized carbons (Fsp3) is 0.500. The van der Waals surface area contributed by atoms with Gasteiger partial charge in [-0.05, 0) is 25.5 Å². The van der Waals surface area contributed by atoms with Crippen LogP contribution in [0.3, 0.4) is 0 Å². The van der Waals surface area contributed by atoms with Gasteiger partial charge in [-0.25, -0.2) is 4.98 Å². The molecule has 0 aromatic carbocycles. The van der Waals surface area contributed by atoms with Gasteiger partial charge in [0.15, 0.2) is 0 Å². The molecule has 0 saturated carbocycles. The monoisotopic (exact) mass is 343 g/mol. The van der Waals surface area contributed by atoms with E-state index in [0.29, 0.717) is 26.1 Å². The molecule has 0 aliphatic carbocycles. The summed E-state index contributed by atoms with van der Waals surface area (Å²) in [5.74, 6) is 0.176. The Labute approximate surface area is 148 Å². The summed E-state index contributed by atoms with van der Waals surface area (Å²) >= 11 is 0. The van der Waals surface area contributed by atoms with Crippen LogP contribution in [0, 0.1) is 6.92 Å². The molecule has 25 heavy (non-hydrogen) atoms. The van der Waals surface area contributed by atoms with Gasteiger partial charge < -0.3 is 19.5 Å². The van der Waals surface area contributed by atoms with Gasteiger partial charge in [-0.3, -0.25) is 9.78 Å². The lowest BCUT2D eigenvalue weighted by Crippen LogP contribution is -2.42. The van der Waals surface area contributed by atoms with Gasteiger partial charge in [0.25, 0.3) is 0 Å². The summed E-state index contributed by atoms with van der Waals surface area (Å²) in [5, 5.41) is 3.14. The van der Waals surface area contributed by atoms with Gasteiger partial charge in [-0.1, -0.05) is 0 Å². The van der Waals surface area contributed by atoms with E-state index in [1.54, 1.807) is 12.5 Å². The summed E-state index contributed by atoms with van der Waals surface area (Å²) in [6.07, 6.45) is 6.62. The van der Waals surface area contributed by atoms with E-state index in [0.717, 1.165) is 30.0 Å². The molecule has 1 aliphatic rings. The van der Waals surface area contributed by atoms with Gasteiger partial charge in [0.05, 0.1) is 25.2 Å². The van der Waals surface area contributed by atoms with E-state index in [4.69, 9.17) is 4.74 Å². The number of imidazole rings is 1. The van der Waals surface area contributed by atoms with E-state index in [2.05, 4.69) is 15.3 Å². The van der Waals surface area contributed by atoms with Crippen LogP contribution < -0.4 is 5.32 Å². The molecule has 1 atom stereocenters. The molecule has 1 aliphatic heterocycles. The van der Waals surface area contributed by atoms with Crippen molar-refractivity contribution in [3.8, 4) is 0 Å². The Kier molecular flexibility index (Phi) is 5.65. The van der Waals surface area contributed by atoms with Gasteiger partial charge in [0, 0.05) is 50.3 Å². The van der Waals surface area contributed by atoms with Crippen molar-refractivity contribution < 1.29 is 9.53 Å². The number of hydrogen-bond acceptors (Lipinski definition) is 5. The SMILES string of the molecule is CNc1cc(C)nc(C2CN(C(=O)CCCn3ccnc3)CCO2)c1. The smallest absolute Gasteiger partial charge is 0.222 e. The lowest BCUT2D eigenvalue weighted by atomic mass is 10.1. The zero-order valence-corrected chi connectivity index (χ0v) is 14.8. The number of hydrogen-bond donors (Lipinski definition) is 1. The van der Waals surface area contributed by atoms with E-state index < -0.39 is 0 Å². The predicted molar refractivity (Wildman–Crippen MR) is 95.3 cm³/mol. The number of morpholine rings is 1. The zero-order chi connectivity index (χ0) is 17.6. The number of rotatable bonds is 6. The first-order chi connectivity index (χ1) is 12.2. The van der Waals surface area contributed by atoms with Crippen molar-refractivity contribution in [1.82, 2.24) is 19.4 Å². The fourth-order valence-corrected chi connectivity index (χ4v) is 3.05. The lowest BCUT2D eigenvalue weighted by Gasteiger charge is -2.33. The van der Waals surface area contributed by atoms with Crippen molar-refractivity contribution in [3.05, 3.63) is 42.2 Å². The van der Waals surface area contributed by atoms with Gasteiger partial charge in [0.2, 0.25) is 5.91 Å². The third-order valence-corrected chi connectivity index (χ3v) is 4.38. The topological polar surface area (TPSA) is 72.3 Å². The van der Waals surface area contributed by atoms with Crippen LogP contribution in [0.5, 0.6) is 0 Å². The fourth-order valence-electron chi connectivity index (χ4n) is 3.05. The quantitative estimate of drug-likeness (QED) is 0.869. The molecule has 3 heterocycles. The largest absolute Gasteiger partial charge is 0.388 e. The van der Waals surface area contributed by atoms with Crippen molar-refractivity contribution in [1.29, 1.82) is 0 Å². The maximum Gasteiger partial charge on any atom is 0.222 e. The molecule has 2 aromatic heterocycles. The molecule has 0 spiro atoms. The van der Waals surface area contributed by atoms with Gasteiger partial charge in [0.1, 0.15) is 6.10 Å². The second kappa shape index (κ2) is 8.11. The summed E-state index contributed by atoms with van der Waals surface area (Å²) < 4.78 is 7.86. The highest BCUT2D eigenvalue weighted by Crippen LogP contribution is 2.24. The predicted octanol–water partition coefficient (Wildman–Crippen LogP) is 2.01. The molecule has 134 valence electrons. The third kappa shape index (κ3) is 4.57. The van der Waals surface area contributed by atoms with Crippen LogP contribution in [0.15, 0.2) is 30.9 Å². The number of pyridine rings is 1. The van der Waals surface area contributed by atoms with Gasteiger partial charge in [-0.15, -0.1) is 0 Å². The molecule has 1 N–H and O–H groups in total. The Hall–Kier alpha value is -2.41. The molecule has 1 fully saturated rings. The van der Waals surface area contributed by atoms with Gasteiger partial charge >= 0.3 is 0 Å². The van der Waals surface area contributed by atoms with Crippen molar-refractivity contribution in [2.24, 2.45) is 0 Å². The number of aromatic nitrogens is 3. The molecular formula is C18H25N5O2. The molecule has 1 amide bonds. The summed E-state index contributed by atoms with van der Waals surface area (Å²) in [4.78, 5) is 23.0. The Morgan fingerprint density at radius 1 is 1.44 bits per heavy atom. The molecule has 2 aromatic rings. The first-order valence-corrected chi connectivity index (χ1v) is 8.67. The Morgan fingerprint density at radius 2 is 2.32 bits per heavy atom. The van der Waals surface area contributed by atoms with Crippen LogP contribution >= 0.6 is 0 Å². The molecule has 1 saturated heterocycles. The summed E-state index contributed by atoms with van der Waals surface area (Å²) in [6, 6.07) is 3.98. The first kappa shape index (κ1) is 17.4. The number of nitrogens with one attached hydrogen (secondary N) is 1. The number of amides is 1. The second-order valence-electron chi connectivity index (χ2n) is 6.28. The maximum atomic E-state index is 12.5. The van der Waals surface area contributed by atoms with Crippen LogP contribution in [0.4, 0.5) is 5.69 Å². The standard InChI is InChI=1S/C18H25N5O2/c1-14-10-15(19-2)11-16(21-14)17-12-23(8-9-25-17)18(24)4-3-6-22-7-5-20-13-22/h5,7,10-11,13,17H,3-4,6,8-9,12H2,1-2H3,(H,19,21). The second-order valence-corrected chi connectivity index (χ2v) is 6.28. The minimum absolute atomic E-state index is 0.168. The third-order valence-electron chi connectivity index (χ3n) is 4.38. The van der Waals surface area contributed by atoms with Gasteiger partial charge in [-0.2, -0.15) is 0 Å². The normalized spacial score (nSPS) is 17.5. The highest BCUT2D eigenvalue weighted by atomic mass is 16.5. The number of carbonyl (C=O) groups is 1. The minimum atomic E-state index is -0.168. The van der Waals surface area contributed by atoms with E-state index in [-0.39, 0.29) is 12.0 Å². The number of aryl methyl sites for hydroxylation is 2. The van der Waals surface area contributed by atoms with Crippen LogP contribution in [-0.4, -0.2) is 52.1 Å². The lowest BCUT2D eigenvalue weighted by molar-refractivity contribution is -0.139. The van der Waals surface area contributed by atoms with Crippen LogP contribution in [0.2, 0.25) is 0 Å². The Bertz CT molecular complexity index is 701. The highest BCUT2D eigenvalue weighted by Gasteiger charge is 2.26. The summed E-state index contributed by atoms with van der Waals surface area (Å²) in [7, 11) is 1.89. The molecule has 7 nitrogen and oxygen atoms in total. The molecular weight excluding hydrogens is 318 g/mol. The first-order valence-electron chi connectivity index (χ1n) is 8.67. The average molecular weight is 343 g/mol. The number of nitrogens with zero attached hydrogens (tertiary/aromatic N) is 4. The van der Waals surface area contributed by atoms with Crippen molar-refractivity contribution >= 4 is 11.6 Å². The minimum Gasteiger partial charge on any atom is -0.388 e. The van der Waals surface area contributed by atoms with Crippen LogP contribution in [0.25, 0.3) is 0 Å².